The van der Waals surface area contributed by atoms with Crippen molar-refractivity contribution >= 4 is 23.2 Å². The summed E-state index contributed by atoms with van der Waals surface area (Å²) < 4.78 is 5.17. The number of nitrogens with zero attached hydrogens (tertiary/aromatic N) is 3. The summed E-state index contributed by atoms with van der Waals surface area (Å²) in [6, 6.07) is 5.17. The van der Waals surface area contributed by atoms with Crippen molar-refractivity contribution < 1.29 is 4.52 Å². The fraction of sp³-hybridized carbons (Fsp3) is 0.273. The Balaban J connectivity index is 2.37. The molecule has 0 atom stereocenters. The fourth-order valence-corrected chi connectivity index (χ4v) is 1.60. The number of aromatic nitrogens is 2. The lowest BCUT2D eigenvalue weighted by Crippen LogP contribution is -2.16. The van der Waals surface area contributed by atoms with Gasteiger partial charge < -0.3 is 15.2 Å². The number of anilines is 2. The van der Waals surface area contributed by atoms with E-state index < -0.39 is 0 Å². The van der Waals surface area contributed by atoms with Gasteiger partial charge in [-0.25, -0.2) is 0 Å². The number of benzene rings is 1. The van der Waals surface area contributed by atoms with Crippen LogP contribution >= 0.6 is 11.6 Å². The van der Waals surface area contributed by atoms with Gasteiger partial charge in [-0.3, -0.25) is 0 Å². The molecule has 0 saturated heterocycles. The summed E-state index contributed by atoms with van der Waals surface area (Å²) in [5.74, 6) is 0.931. The van der Waals surface area contributed by atoms with Gasteiger partial charge in [-0.1, -0.05) is 11.6 Å². The summed E-state index contributed by atoms with van der Waals surface area (Å²) in [6.45, 7) is 2.81. The normalized spacial score (nSPS) is 10.5. The van der Waals surface area contributed by atoms with Gasteiger partial charge in [0.2, 0.25) is 0 Å². The molecular formula is C11H13ClN4O. The van der Waals surface area contributed by atoms with E-state index in [1.165, 1.54) is 0 Å². The van der Waals surface area contributed by atoms with Crippen LogP contribution in [0.1, 0.15) is 6.92 Å². The van der Waals surface area contributed by atoms with E-state index in [0.29, 0.717) is 28.1 Å². The molecule has 1 aromatic heterocycles. The van der Waals surface area contributed by atoms with Gasteiger partial charge >= 0.3 is 0 Å². The van der Waals surface area contributed by atoms with E-state index in [2.05, 4.69) is 10.1 Å². The van der Waals surface area contributed by atoms with Gasteiger partial charge in [0, 0.05) is 19.3 Å². The van der Waals surface area contributed by atoms with Crippen molar-refractivity contribution in [1.82, 2.24) is 10.1 Å². The van der Waals surface area contributed by atoms with Crippen LogP contribution in [0.5, 0.6) is 0 Å². The van der Waals surface area contributed by atoms with Crippen LogP contribution < -0.4 is 10.6 Å². The van der Waals surface area contributed by atoms with Gasteiger partial charge in [0.15, 0.2) is 0 Å². The molecule has 1 heterocycles. The number of hydrogen-bond acceptors (Lipinski definition) is 5. The lowest BCUT2D eigenvalue weighted by Gasteiger charge is -2.08. The first kappa shape index (κ1) is 11.7. The highest BCUT2D eigenvalue weighted by Crippen LogP contribution is 2.29. The van der Waals surface area contributed by atoms with E-state index in [9.17, 15) is 0 Å². The second-order valence-corrected chi connectivity index (χ2v) is 4.06. The van der Waals surface area contributed by atoms with Gasteiger partial charge in [-0.05, 0) is 30.3 Å². The quantitative estimate of drug-likeness (QED) is 0.850. The van der Waals surface area contributed by atoms with E-state index >= 15 is 0 Å². The second kappa shape index (κ2) is 4.63. The molecule has 6 heteroatoms. The van der Waals surface area contributed by atoms with E-state index in [-0.39, 0.29) is 0 Å². The summed E-state index contributed by atoms with van der Waals surface area (Å²) in [5.41, 5.74) is 6.91. The highest BCUT2D eigenvalue weighted by Gasteiger charge is 2.13. The van der Waals surface area contributed by atoms with Crippen molar-refractivity contribution in [2.75, 3.05) is 24.2 Å². The molecule has 0 spiro atoms. The van der Waals surface area contributed by atoms with Gasteiger partial charge in [0.1, 0.15) is 0 Å². The van der Waals surface area contributed by atoms with Crippen molar-refractivity contribution in [3.63, 3.8) is 0 Å². The number of hydrogen-bond donors (Lipinski definition) is 1. The van der Waals surface area contributed by atoms with E-state index in [4.69, 9.17) is 21.9 Å². The molecule has 2 N–H and O–H groups in total. The molecule has 17 heavy (non-hydrogen) atoms. The highest BCUT2D eigenvalue weighted by molar-refractivity contribution is 6.33. The molecular weight excluding hydrogens is 240 g/mol. The zero-order valence-corrected chi connectivity index (χ0v) is 10.4. The molecule has 0 bridgehead atoms. The van der Waals surface area contributed by atoms with Crippen LogP contribution in [0.15, 0.2) is 22.7 Å². The molecule has 0 aliphatic heterocycles. The van der Waals surface area contributed by atoms with E-state index in [0.717, 1.165) is 6.54 Å². The SMILES string of the molecule is CCN(C)c1noc(-c2ccc(N)cc2Cl)n1. The largest absolute Gasteiger partial charge is 0.399 e. The fourth-order valence-electron chi connectivity index (χ4n) is 1.33. The molecule has 5 nitrogen and oxygen atoms in total. The minimum Gasteiger partial charge on any atom is -0.399 e. The molecule has 0 saturated carbocycles. The Morgan fingerprint density at radius 1 is 1.47 bits per heavy atom. The number of nitrogens with two attached hydrogens (primary N) is 1. The van der Waals surface area contributed by atoms with Crippen LogP contribution in [0.2, 0.25) is 5.02 Å². The first-order chi connectivity index (χ1) is 8.11. The summed E-state index contributed by atoms with van der Waals surface area (Å²) in [6.07, 6.45) is 0. The van der Waals surface area contributed by atoms with Crippen molar-refractivity contribution in [3.8, 4) is 11.5 Å². The molecule has 0 fully saturated rings. The van der Waals surface area contributed by atoms with Crippen LogP contribution in [0.4, 0.5) is 11.6 Å². The van der Waals surface area contributed by atoms with Crippen molar-refractivity contribution in [3.05, 3.63) is 23.2 Å². The van der Waals surface area contributed by atoms with Crippen molar-refractivity contribution in [2.45, 2.75) is 6.92 Å². The average Bonchev–Trinajstić information content (AvgIpc) is 2.77. The van der Waals surface area contributed by atoms with Crippen LogP contribution in [-0.2, 0) is 0 Å². The van der Waals surface area contributed by atoms with Gasteiger partial charge in [0.25, 0.3) is 11.8 Å². The maximum atomic E-state index is 6.07. The Morgan fingerprint density at radius 2 is 2.24 bits per heavy atom. The van der Waals surface area contributed by atoms with E-state index in [1.807, 2.05) is 18.9 Å². The lowest BCUT2D eigenvalue weighted by atomic mass is 10.2. The second-order valence-electron chi connectivity index (χ2n) is 3.65. The summed E-state index contributed by atoms with van der Waals surface area (Å²) in [7, 11) is 1.89. The summed E-state index contributed by atoms with van der Waals surface area (Å²) >= 11 is 6.07. The van der Waals surface area contributed by atoms with E-state index in [1.54, 1.807) is 18.2 Å². The van der Waals surface area contributed by atoms with Crippen LogP contribution in [0.25, 0.3) is 11.5 Å². The zero-order chi connectivity index (χ0) is 12.4. The Morgan fingerprint density at radius 3 is 2.88 bits per heavy atom. The maximum absolute atomic E-state index is 6.07. The molecule has 1 aromatic carbocycles. The van der Waals surface area contributed by atoms with Gasteiger partial charge in [-0.2, -0.15) is 4.98 Å². The Hall–Kier alpha value is -1.75. The predicted octanol–water partition coefficient (Wildman–Crippen LogP) is 2.43. The highest BCUT2D eigenvalue weighted by atomic mass is 35.5. The minimum atomic E-state index is 0.394. The first-order valence-corrected chi connectivity index (χ1v) is 5.60. The molecule has 2 rings (SSSR count). The third-order valence-corrected chi connectivity index (χ3v) is 2.77. The molecule has 0 amide bonds. The monoisotopic (exact) mass is 252 g/mol. The third kappa shape index (κ3) is 2.34. The Bertz CT molecular complexity index is 526. The number of nitrogen functional groups attached to an aromatic ring is 1. The first-order valence-electron chi connectivity index (χ1n) is 5.22. The molecule has 2 aromatic rings. The number of halogens is 1. The predicted molar refractivity (Wildman–Crippen MR) is 68.1 cm³/mol. The standard InChI is InChI=1S/C11H13ClN4O/c1-3-16(2)11-14-10(17-15-11)8-5-4-7(13)6-9(8)12/h4-6H,3,13H2,1-2H3. The third-order valence-electron chi connectivity index (χ3n) is 2.45. The molecule has 0 unspecified atom stereocenters. The zero-order valence-electron chi connectivity index (χ0n) is 9.64. The minimum absolute atomic E-state index is 0.394. The molecule has 0 aliphatic rings. The van der Waals surface area contributed by atoms with Crippen molar-refractivity contribution in [2.24, 2.45) is 0 Å². The molecule has 0 aliphatic carbocycles. The average molecular weight is 253 g/mol. The number of rotatable bonds is 3. The smallest absolute Gasteiger partial charge is 0.266 e. The maximum Gasteiger partial charge on any atom is 0.266 e. The van der Waals surface area contributed by atoms with Crippen LogP contribution in [0.3, 0.4) is 0 Å². The Labute approximate surface area is 104 Å². The van der Waals surface area contributed by atoms with Crippen LogP contribution in [-0.4, -0.2) is 23.7 Å². The molecule has 90 valence electrons. The lowest BCUT2D eigenvalue weighted by molar-refractivity contribution is 0.430. The molecule has 0 radical (unpaired) electrons. The topological polar surface area (TPSA) is 68.2 Å². The Kier molecular flexibility index (Phi) is 3.19. The summed E-state index contributed by atoms with van der Waals surface area (Å²) in [5, 5.41) is 4.38. The summed E-state index contributed by atoms with van der Waals surface area (Å²) in [4.78, 5) is 6.14. The van der Waals surface area contributed by atoms with Gasteiger partial charge in [0.05, 0.1) is 10.6 Å². The van der Waals surface area contributed by atoms with Crippen LogP contribution in [0, 0.1) is 0 Å². The van der Waals surface area contributed by atoms with Gasteiger partial charge in [-0.15, -0.1) is 0 Å². The van der Waals surface area contributed by atoms with Crippen molar-refractivity contribution in [1.29, 1.82) is 0 Å².